The number of aromatic nitrogens is 2. The molecule has 0 saturated carbocycles. The summed E-state index contributed by atoms with van der Waals surface area (Å²) in [4.78, 5) is 12.2. The quantitative estimate of drug-likeness (QED) is 0.912. The minimum atomic E-state index is -0.0391. The van der Waals surface area contributed by atoms with E-state index < -0.39 is 0 Å². The molecular formula is C15H21N3O2S. The van der Waals surface area contributed by atoms with Crippen molar-refractivity contribution >= 4 is 22.4 Å². The number of ether oxygens (including phenoxy) is 1. The standard InChI is InChI=1S/C15H21N3O2S/c1-14(2,3)12-17-18-13(21-12)16-11(19)10-8-15(9-10)4-6-20-7-5-15/h8H,4-7,9H2,1-3H3,(H,16,18,19). The highest BCUT2D eigenvalue weighted by Gasteiger charge is 2.40. The molecule has 1 aliphatic carbocycles. The molecule has 21 heavy (non-hydrogen) atoms. The molecule has 2 aliphatic rings. The summed E-state index contributed by atoms with van der Waals surface area (Å²) in [6, 6.07) is 0. The molecule has 114 valence electrons. The number of nitrogens with zero attached hydrogens (tertiary/aromatic N) is 2. The predicted octanol–water partition coefficient (Wildman–Crippen LogP) is 2.90. The number of anilines is 1. The number of nitrogens with one attached hydrogen (secondary N) is 1. The molecule has 3 rings (SSSR count). The molecule has 1 spiro atoms. The van der Waals surface area contributed by atoms with Gasteiger partial charge in [-0.3, -0.25) is 10.1 Å². The third-order valence-electron chi connectivity index (χ3n) is 4.09. The van der Waals surface area contributed by atoms with Gasteiger partial charge in [0.15, 0.2) is 0 Å². The molecule has 6 heteroatoms. The van der Waals surface area contributed by atoms with Gasteiger partial charge >= 0.3 is 0 Å². The summed E-state index contributed by atoms with van der Waals surface area (Å²) in [7, 11) is 0. The monoisotopic (exact) mass is 307 g/mol. The van der Waals surface area contributed by atoms with E-state index in [1.165, 1.54) is 11.3 Å². The zero-order valence-corrected chi connectivity index (χ0v) is 13.5. The van der Waals surface area contributed by atoms with Gasteiger partial charge in [-0.2, -0.15) is 0 Å². The maximum atomic E-state index is 12.2. The van der Waals surface area contributed by atoms with Gasteiger partial charge in [-0.25, -0.2) is 0 Å². The molecule has 2 heterocycles. The fraction of sp³-hybridized carbons (Fsp3) is 0.667. The van der Waals surface area contributed by atoms with Crippen LogP contribution >= 0.6 is 11.3 Å². The van der Waals surface area contributed by atoms with Crippen molar-refractivity contribution in [2.24, 2.45) is 5.41 Å². The third-order valence-corrected chi connectivity index (χ3v) is 5.35. The highest BCUT2D eigenvalue weighted by atomic mass is 32.1. The Labute approximate surface area is 128 Å². The molecule has 0 atom stereocenters. The number of carbonyl (C=O) groups excluding carboxylic acids is 1. The van der Waals surface area contributed by atoms with E-state index in [9.17, 15) is 4.79 Å². The molecule has 1 fully saturated rings. The van der Waals surface area contributed by atoms with Crippen molar-refractivity contribution in [3.8, 4) is 0 Å². The number of rotatable bonds is 2. The van der Waals surface area contributed by atoms with Crippen molar-refractivity contribution in [2.75, 3.05) is 18.5 Å². The SMILES string of the molecule is CC(C)(C)c1nnc(NC(=O)C2=CC3(CCOCC3)C2)s1. The Kier molecular flexibility index (Phi) is 3.61. The highest BCUT2D eigenvalue weighted by Crippen LogP contribution is 2.47. The summed E-state index contributed by atoms with van der Waals surface area (Å²) in [6.07, 6.45) is 5.03. The lowest BCUT2D eigenvalue weighted by molar-refractivity contribution is -0.114. The topological polar surface area (TPSA) is 64.1 Å². The number of carbonyl (C=O) groups is 1. The summed E-state index contributed by atoms with van der Waals surface area (Å²) >= 11 is 1.45. The summed E-state index contributed by atoms with van der Waals surface area (Å²) in [5.74, 6) is -0.0382. The molecule has 1 aromatic rings. The van der Waals surface area contributed by atoms with Crippen molar-refractivity contribution in [2.45, 2.75) is 45.4 Å². The first-order chi connectivity index (χ1) is 9.88. The number of allylic oxidation sites excluding steroid dienone is 1. The minimum Gasteiger partial charge on any atom is -0.381 e. The van der Waals surface area contributed by atoms with E-state index >= 15 is 0 Å². The molecule has 1 aromatic heterocycles. The Hall–Kier alpha value is -1.27. The molecule has 0 radical (unpaired) electrons. The van der Waals surface area contributed by atoms with Crippen molar-refractivity contribution in [3.05, 3.63) is 16.7 Å². The van der Waals surface area contributed by atoms with Crippen LogP contribution in [0.5, 0.6) is 0 Å². The zero-order chi connectivity index (χ0) is 15.1. The van der Waals surface area contributed by atoms with Crippen LogP contribution in [0.1, 0.15) is 45.0 Å². The first-order valence-corrected chi connectivity index (χ1v) is 8.14. The molecule has 1 amide bonds. The maximum absolute atomic E-state index is 12.2. The van der Waals surface area contributed by atoms with Gasteiger partial charge in [0.2, 0.25) is 5.13 Å². The first-order valence-electron chi connectivity index (χ1n) is 7.33. The van der Waals surface area contributed by atoms with Gasteiger partial charge in [0.05, 0.1) is 0 Å². The molecule has 5 nitrogen and oxygen atoms in total. The Morgan fingerprint density at radius 1 is 1.33 bits per heavy atom. The minimum absolute atomic E-state index is 0.0382. The molecule has 1 N–H and O–H groups in total. The van der Waals surface area contributed by atoms with Gasteiger partial charge in [0.1, 0.15) is 5.01 Å². The number of hydrogen-bond acceptors (Lipinski definition) is 5. The van der Waals surface area contributed by atoms with E-state index in [1.54, 1.807) is 0 Å². The summed E-state index contributed by atoms with van der Waals surface area (Å²) < 4.78 is 5.38. The first kappa shape index (κ1) is 14.7. The van der Waals surface area contributed by atoms with Crippen molar-refractivity contribution < 1.29 is 9.53 Å². The lowest BCUT2D eigenvalue weighted by Gasteiger charge is -2.42. The highest BCUT2D eigenvalue weighted by molar-refractivity contribution is 7.15. The lowest BCUT2D eigenvalue weighted by Crippen LogP contribution is -2.37. The summed E-state index contributed by atoms with van der Waals surface area (Å²) in [5, 5.41) is 12.6. The van der Waals surface area contributed by atoms with Crippen LogP contribution in [-0.4, -0.2) is 29.3 Å². The molecule has 1 saturated heterocycles. The smallest absolute Gasteiger partial charge is 0.253 e. The van der Waals surface area contributed by atoms with Gasteiger partial charge in [-0.15, -0.1) is 10.2 Å². The zero-order valence-electron chi connectivity index (χ0n) is 12.7. The Balaban J connectivity index is 1.63. The van der Waals surface area contributed by atoms with Gasteiger partial charge in [-0.05, 0) is 24.7 Å². The average Bonchev–Trinajstić information content (AvgIpc) is 2.85. The van der Waals surface area contributed by atoms with Crippen LogP contribution in [0.4, 0.5) is 5.13 Å². The second-order valence-electron chi connectivity index (χ2n) is 6.94. The van der Waals surface area contributed by atoms with E-state index in [-0.39, 0.29) is 16.7 Å². The lowest BCUT2D eigenvalue weighted by atomic mass is 9.66. The number of amides is 1. The number of hydrogen-bond donors (Lipinski definition) is 1. The largest absolute Gasteiger partial charge is 0.381 e. The van der Waals surface area contributed by atoms with Gasteiger partial charge in [0, 0.05) is 24.2 Å². The van der Waals surface area contributed by atoms with Crippen LogP contribution in [0.25, 0.3) is 0 Å². The normalized spacial score (nSPS) is 20.8. The van der Waals surface area contributed by atoms with Crippen LogP contribution in [-0.2, 0) is 14.9 Å². The van der Waals surface area contributed by atoms with Gasteiger partial charge < -0.3 is 4.74 Å². The van der Waals surface area contributed by atoms with Crippen LogP contribution in [0.2, 0.25) is 0 Å². The summed E-state index contributed by atoms with van der Waals surface area (Å²) in [5.41, 5.74) is 1.04. The van der Waals surface area contributed by atoms with E-state index in [1.807, 2.05) is 0 Å². The molecule has 0 bridgehead atoms. The van der Waals surface area contributed by atoms with Crippen molar-refractivity contribution in [1.82, 2.24) is 10.2 Å². The van der Waals surface area contributed by atoms with Crippen molar-refractivity contribution in [3.63, 3.8) is 0 Å². The average molecular weight is 307 g/mol. The van der Waals surface area contributed by atoms with Gasteiger partial charge in [0.25, 0.3) is 5.91 Å². The van der Waals surface area contributed by atoms with Crippen LogP contribution in [0, 0.1) is 5.41 Å². The Morgan fingerprint density at radius 3 is 2.57 bits per heavy atom. The van der Waals surface area contributed by atoms with Crippen LogP contribution in [0.3, 0.4) is 0 Å². The fourth-order valence-electron chi connectivity index (χ4n) is 2.72. The van der Waals surface area contributed by atoms with E-state index in [2.05, 4.69) is 42.4 Å². The van der Waals surface area contributed by atoms with E-state index in [0.717, 1.165) is 43.1 Å². The molecular weight excluding hydrogens is 286 g/mol. The molecule has 1 aliphatic heterocycles. The van der Waals surface area contributed by atoms with E-state index in [4.69, 9.17) is 4.74 Å². The molecule has 0 aromatic carbocycles. The molecule has 0 unspecified atom stereocenters. The van der Waals surface area contributed by atoms with Crippen LogP contribution < -0.4 is 5.32 Å². The van der Waals surface area contributed by atoms with E-state index in [0.29, 0.717) is 5.13 Å². The second kappa shape index (κ2) is 5.18. The van der Waals surface area contributed by atoms with Crippen LogP contribution in [0.15, 0.2) is 11.6 Å². The Morgan fingerprint density at radius 2 is 2.00 bits per heavy atom. The Bertz CT molecular complexity index is 580. The van der Waals surface area contributed by atoms with Crippen molar-refractivity contribution in [1.29, 1.82) is 0 Å². The second-order valence-corrected chi connectivity index (χ2v) is 7.92. The summed E-state index contributed by atoms with van der Waals surface area (Å²) in [6.45, 7) is 7.86. The fourth-order valence-corrected chi connectivity index (χ4v) is 3.52. The third kappa shape index (κ3) is 3.01. The van der Waals surface area contributed by atoms with Gasteiger partial charge in [-0.1, -0.05) is 38.2 Å². The maximum Gasteiger partial charge on any atom is 0.253 e. The predicted molar refractivity (Wildman–Crippen MR) is 82.4 cm³/mol.